The molecular weight excluding hydrogens is 487 g/mol. The second-order valence-electron chi connectivity index (χ2n) is 6.43. The summed E-state index contributed by atoms with van der Waals surface area (Å²) < 4.78 is 52.4. The molecule has 2 aromatic rings. The maximum Gasteiger partial charge on any atom is 0.198 e. The number of hydrogen-bond donors (Lipinski definition) is 1. The van der Waals surface area contributed by atoms with E-state index in [-0.39, 0.29) is 22.6 Å². The Kier molecular flexibility index (Phi) is 5.49. The Morgan fingerprint density at radius 2 is 1.27 bits per heavy atom. The molecule has 140 valence electrons. The Labute approximate surface area is 167 Å². The van der Waals surface area contributed by atoms with Gasteiger partial charge in [0, 0.05) is 10.8 Å². The maximum atomic E-state index is 13.5. The first-order valence-corrected chi connectivity index (χ1v) is 12.6. The molecule has 0 saturated heterocycles. The smallest absolute Gasteiger partial charge is 0.198 e. The lowest BCUT2D eigenvalue weighted by molar-refractivity contribution is 0.144. The van der Waals surface area contributed by atoms with Crippen LogP contribution in [0.3, 0.4) is 0 Å². The van der Waals surface area contributed by atoms with E-state index in [2.05, 4.69) is 22.6 Å². The quantitative estimate of drug-likeness (QED) is 0.498. The van der Waals surface area contributed by atoms with Gasteiger partial charge in [0.15, 0.2) is 23.8 Å². The number of sulfone groups is 2. The van der Waals surface area contributed by atoms with Crippen LogP contribution in [-0.2, 0) is 19.7 Å². The molecular formula is C18H19IO5S2. The third kappa shape index (κ3) is 3.00. The summed E-state index contributed by atoms with van der Waals surface area (Å²) in [6.45, 7) is 0. The van der Waals surface area contributed by atoms with Crippen molar-refractivity contribution in [3.05, 3.63) is 60.7 Å². The van der Waals surface area contributed by atoms with Crippen LogP contribution in [-0.4, -0.2) is 36.6 Å². The standard InChI is InChI=1S/C18H19IO5S2/c19-13-14-11-18(12-17(14)20,25(21,22)15-7-3-1-4-8-15)26(23,24)16-9-5-2-6-10-16/h1-10,14,17,20H,11-13H2/t14-,17+/m1/s1. The molecule has 1 aliphatic carbocycles. The Morgan fingerprint density at radius 3 is 1.62 bits per heavy atom. The molecule has 3 rings (SSSR count). The highest BCUT2D eigenvalue weighted by Crippen LogP contribution is 2.49. The molecule has 1 N–H and O–H groups in total. The Hall–Kier alpha value is -0.970. The Morgan fingerprint density at radius 1 is 0.846 bits per heavy atom. The van der Waals surface area contributed by atoms with E-state index in [4.69, 9.17) is 0 Å². The molecule has 0 aromatic heterocycles. The van der Waals surface area contributed by atoms with Crippen LogP contribution in [0.5, 0.6) is 0 Å². The number of aliphatic hydroxyl groups is 1. The number of rotatable bonds is 5. The van der Waals surface area contributed by atoms with Crippen molar-refractivity contribution in [2.75, 3.05) is 4.43 Å². The molecule has 0 amide bonds. The van der Waals surface area contributed by atoms with E-state index < -0.39 is 35.8 Å². The number of hydrogen-bond acceptors (Lipinski definition) is 5. The van der Waals surface area contributed by atoms with Crippen LogP contribution in [0.25, 0.3) is 0 Å². The van der Waals surface area contributed by atoms with E-state index in [9.17, 15) is 21.9 Å². The maximum absolute atomic E-state index is 13.5. The highest BCUT2D eigenvalue weighted by atomic mass is 127. The zero-order valence-electron chi connectivity index (χ0n) is 13.8. The van der Waals surface area contributed by atoms with Gasteiger partial charge < -0.3 is 5.11 Å². The van der Waals surface area contributed by atoms with Crippen LogP contribution in [0, 0.1) is 5.92 Å². The molecule has 2 aromatic carbocycles. The highest BCUT2D eigenvalue weighted by Gasteiger charge is 2.62. The molecule has 1 saturated carbocycles. The van der Waals surface area contributed by atoms with E-state index in [1.807, 2.05) is 0 Å². The molecule has 1 fully saturated rings. The van der Waals surface area contributed by atoms with Gasteiger partial charge >= 0.3 is 0 Å². The molecule has 2 atom stereocenters. The van der Waals surface area contributed by atoms with Gasteiger partial charge in [-0.3, -0.25) is 0 Å². The first-order valence-electron chi connectivity index (χ1n) is 8.10. The second-order valence-corrected chi connectivity index (χ2v) is 12.1. The fourth-order valence-corrected chi connectivity index (χ4v) is 9.64. The molecule has 8 heteroatoms. The van der Waals surface area contributed by atoms with E-state index in [0.717, 1.165) is 0 Å². The molecule has 0 heterocycles. The van der Waals surface area contributed by atoms with Gasteiger partial charge in [-0.2, -0.15) is 0 Å². The van der Waals surface area contributed by atoms with Crippen molar-refractivity contribution in [1.29, 1.82) is 0 Å². The Bertz CT molecular complexity index is 903. The molecule has 0 bridgehead atoms. The van der Waals surface area contributed by atoms with Crippen molar-refractivity contribution >= 4 is 42.3 Å². The van der Waals surface area contributed by atoms with Crippen LogP contribution in [0.15, 0.2) is 70.5 Å². The van der Waals surface area contributed by atoms with Crippen LogP contribution in [0.2, 0.25) is 0 Å². The van der Waals surface area contributed by atoms with Crippen molar-refractivity contribution in [2.45, 2.75) is 32.8 Å². The minimum absolute atomic E-state index is 0.0409. The average molecular weight is 506 g/mol. The minimum Gasteiger partial charge on any atom is -0.393 e. The summed E-state index contributed by atoms with van der Waals surface area (Å²) in [7, 11) is -8.47. The molecule has 0 aliphatic heterocycles. The van der Waals surface area contributed by atoms with Gasteiger partial charge in [-0.15, -0.1) is 0 Å². The van der Waals surface area contributed by atoms with Crippen LogP contribution >= 0.6 is 22.6 Å². The van der Waals surface area contributed by atoms with Crippen molar-refractivity contribution in [2.24, 2.45) is 5.92 Å². The summed E-state index contributed by atoms with van der Waals surface area (Å²) in [5.74, 6) is -0.396. The lowest BCUT2D eigenvalue weighted by Gasteiger charge is -2.29. The normalized spacial score (nSPS) is 23.0. The summed E-state index contributed by atoms with van der Waals surface area (Å²) in [6, 6.07) is 15.2. The van der Waals surface area contributed by atoms with Gasteiger partial charge in [0.05, 0.1) is 15.9 Å². The number of benzene rings is 2. The number of halogens is 1. The summed E-state index contributed by atoms with van der Waals surface area (Å²) in [6.07, 6.45) is -1.43. The first kappa shape index (κ1) is 19.8. The third-order valence-corrected chi connectivity index (χ3v) is 11.8. The second kappa shape index (κ2) is 7.21. The summed E-state index contributed by atoms with van der Waals surface area (Å²) >= 11 is 2.06. The molecule has 26 heavy (non-hydrogen) atoms. The molecule has 0 spiro atoms. The van der Waals surface area contributed by atoms with Crippen molar-refractivity contribution in [1.82, 2.24) is 0 Å². The van der Waals surface area contributed by atoms with Gasteiger partial charge in [-0.05, 0) is 36.6 Å². The summed E-state index contributed by atoms with van der Waals surface area (Å²) in [5.41, 5.74) is 0. The highest BCUT2D eigenvalue weighted by molar-refractivity contribution is 14.1. The lowest BCUT2D eigenvalue weighted by atomic mass is 10.1. The zero-order valence-corrected chi connectivity index (χ0v) is 17.6. The Balaban J connectivity index is 2.26. The minimum atomic E-state index is -4.23. The lowest BCUT2D eigenvalue weighted by Crippen LogP contribution is -2.44. The van der Waals surface area contributed by atoms with Crippen molar-refractivity contribution in [3.63, 3.8) is 0 Å². The molecule has 5 nitrogen and oxygen atoms in total. The van der Waals surface area contributed by atoms with Crippen molar-refractivity contribution < 1.29 is 21.9 Å². The van der Waals surface area contributed by atoms with Gasteiger partial charge in [-0.1, -0.05) is 59.0 Å². The van der Waals surface area contributed by atoms with E-state index in [1.54, 1.807) is 36.4 Å². The summed E-state index contributed by atoms with van der Waals surface area (Å²) in [4.78, 5) is -0.0818. The summed E-state index contributed by atoms with van der Waals surface area (Å²) in [5, 5.41) is 10.4. The topological polar surface area (TPSA) is 88.5 Å². The fourth-order valence-electron chi connectivity index (χ4n) is 3.47. The fraction of sp³-hybridized carbons (Fsp3) is 0.333. The van der Waals surface area contributed by atoms with E-state index in [1.165, 1.54) is 24.3 Å². The van der Waals surface area contributed by atoms with Crippen molar-refractivity contribution in [3.8, 4) is 0 Å². The van der Waals surface area contributed by atoms with Gasteiger partial charge in [0.2, 0.25) is 0 Å². The third-order valence-electron chi connectivity index (χ3n) is 4.92. The van der Waals surface area contributed by atoms with Gasteiger partial charge in [-0.25, -0.2) is 16.8 Å². The molecule has 0 unspecified atom stereocenters. The van der Waals surface area contributed by atoms with Gasteiger partial charge in [0.1, 0.15) is 0 Å². The monoisotopic (exact) mass is 506 g/mol. The predicted octanol–water partition coefficient (Wildman–Crippen LogP) is 2.84. The molecule has 0 radical (unpaired) electrons. The van der Waals surface area contributed by atoms with Crippen LogP contribution in [0.4, 0.5) is 0 Å². The number of aliphatic hydroxyl groups excluding tert-OH is 1. The van der Waals surface area contributed by atoms with Crippen LogP contribution < -0.4 is 0 Å². The van der Waals surface area contributed by atoms with E-state index >= 15 is 0 Å². The first-order chi connectivity index (χ1) is 12.3. The zero-order chi connectivity index (χ0) is 19.0. The largest absolute Gasteiger partial charge is 0.393 e. The average Bonchev–Trinajstić information content (AvgIpc) is 3.02. The van der Waals surface area contributed by atoms with Crippen LogP contribution in [0.1, 0.15) is 12.8 Å². The number of alkyl halides is 1. The van der Waals surface area contributed by atoms with E-state index in [0.29, 0.717) is 4.43 Å². The predicted molar refractivity (Wildman–Crippen MR) is 108 cm³/mol. The SMILES string of the molecule is O=S(=O)(c1ccccc1)C1(S(=O)(=O)c2ccccc2)C[C@H](CI)[C@@H](O)C1. The molecule has 1 aliphatic rings. The van der Waals surface area contributed by atoms with Gasteiger partial charge in [0.25, 0.3) is 0 Å².